The topological polar surface area (TPSA) is 46.2 Å². The fourth-order valence-electron chi connectivity index (χ4n) is 2.75. The van der Waals surface area contributed by atoms with Crippen molar-refractivity contribution in [2.45, 2.75) is 50.0 Å². The maximum absolute atomic E-state index is 13.8. The number of nitrogens with one attached hydrogen (secondary N) is 1. The molecule has 1 aliphatic carbocycles. The van der Waals surface area contributed by atoms with Crippen molar-refractivity contribution in [3.63, 3.8) is 0 Å². The van der Waals surface area contributed by atoms with Crippen molar-refractivity contribution in [1.29, 1.82) is 0 Å². The normalized spacial score (nSPS) is 23.2. The van der Waals surface area contributed by atoms with E-state index >= 15 is 0 Å². The molecule has 0 aliphatic heterocycles. The second kappa shape index (κ2) is 6.71. The van der Waals surface area contributed by atoms with E-state index in [4.69, 9.17) is 0 Å². The van der Waals surface area contributed by atoms with Gasteiger partial charge in [0.2, 0.25) is 10.0 Å². The number of hydrogen-bond donors (Lipinski definition) is 1. The van der Waals surface area contributed by atoms with Crippen LogP contribution in [0.1, 0.15) is 39.0 Å². The molecule has 2 rings (SSSR count). The maximum atomic E-state index is 13.8. The average Bonchev–Trinajstić information content (AvgIpc) is 2.37. The van der Waals surface area contributed by atoms with Crippen LogP contribution in [0.4, 0.5) is 8.78 Å². The molecule has 0 heterocycles. The van der Waals surface area contributed by atoms with Gasteiger partial charge in [0.1, 0.15) is 16.5 Å². The summed E-state index contributed by atoms with van der Waals surface area (Å²) in [5, 5.41) is 0. The van der Waals surface area contributed by atoms with Crippen molar-refractivity contribution in [3.8, 4) is 0 Å². The Balaban J connectivity index is 2.16. The molecule has 3 nitrogen and oxygen atoms in total. The highest BCUT2D eigenvalue weighted by Crippen LogP contribution is 2.30. The van der Waals surface area contributed by atoms with Crippen LogP contribution in [0.2, 0.25) is 0 Å². The first kappa shape index (κ1) is 16.8. The largest absolute Gasteiger partial charge is 0.244 e. The highest BCUT2D eigenvalue weighted by Gasteiger charge is 2.28. The fraction of sp³-hybridized carbons (Fsp3) is 0.571. The Kier molecular flexibility index (Phi) is 5.38. The zero-order valence-electron chi connectivity index (χ0n) is 11.7. The van der Waals surface area contributed by atoms with Gasteiger partial charge >= 0.3 is 0 Å². The highest BCUT2D eigenvalue weighted by atomic mass is 79.9. The van der Waals surface area contributed by atoms with Crippen LogP contribution in [-0.2, 0) is 10.0 Å². The van der Waals surface area contributed by atoms with E-state index in [-0.39, 0.29) is 10.5 Å². The molecule has 7 heteroatoms. The molecule has 1 aromatic rings. The Hall–Kier alpha value is -0.530. The molecular weight excluding hydrogens is 364 g/mol. The summed E-state index contributed by atoms with van der Waals surface area (Å²) in [7, 11) is -4.00. The fourth-order valence-corrected chi connectivity index (χ4v) is 5.22. The average molecular weight is 382 g/mol. The summed E-state index contributed by atoms with van der Waals surface area (Å²) in [5.74, 6) is -1.27. The van der Waals surface area contributed by atoms with Crippen LogP contribution in [0, 0.1) is 17.6 Å². The predicted molar refractivity (Wildman–Crippen MR) is 80.4 cm³/mol. The van der Waals surface area contributed by atoms with E-state index in [1.165, 1.54) is 0 Å². The van der Waals surface area contributed by atoms with Gasteiger partial charge in [-0.05, 0) is 53.6 Å². The third kappa shape index (κ3) is 4.02. The van der Waals surface area contributed by atoms with Gasteiger partial charge < -0.3 is 0 Å². The first-order valence-corrected chi connectivity index (χ1v) is 9.28. The molecule has 21 heavy (non-hydrogen) atoms. The first-order valence-electron chi connectivity index (χ1n) is 7.00. The monoisotopic (exact) mass is 381 g/mol. The predicted octanol–water partition coefficient (Wildman–Crippen LogP) is 3.97. The van der Waals surface area contributed by atoms with Gasteiger partial charge in [0, 0.05) is 16.6 Å². The molecule has 0 amide bonds. The zero-order chi connectivity index (χ0) is 15.6. The highest BCUT2D eigenvalue weighted by molar-refractivity contribution is 9.10. The van der Waals surface area contributed by atoms with E-state index in [0.29, 0.717) is 12.0 Å². The number of hydrogen-bond acceptors (Lipinski definition) is 2. The lowest BCUT2D eigenvalue weighted by Gasteiger charge is -2.28. The molecule has 0 spiro atoms. The smallest absolute Gasteiger partial charge is 0.208 e. The van der Waals surface area contributed by atoms with Gasteiger partial charge in [-0.15, -0.1) is 0 Å². The second-order valence-electron chi connectivity index (χ2n) is 5.45. The van der Waals surface area contributed by atoms with E-state index in [1.54, 1.807) is 0 Å². The molecule has 0 atom stereocenters. The zero-order valence-corrected chi connectivity index (χ0v) is 14.1. The van der Waals surface area contributed by atoms with E-state index in [1.807, 2.05) is 0 Å². The van der Waals surface area contributed by atoms with Crippen LogP contribution in [0.15, 0.2) is 21.5 Å². The van der Waals surface area contributed by atoms with Crippen molar-refractivity contribution in [2.24, 2.45) is 5.92 Å². The Labute approximate surface area is 132 Å². The summed E-state index contributed by atoms with van der Waals surface area (Å²) in [6.07, 6.45) is 4.53. The minimum absolute atomic E-state index is 0.102. The summed E-state index contributed by atoms with van der Waals surface area (Å²) >= 11 is 2.92. The van der Waals surface area contributed by atoms with E-state index in [2.05, 4.69) is 27.6 Å². The standard InChI is InChI=1S/C14H18BrF2NO2S/c1-2-9-3-5-11(6-4-9)18-21(19,20)14-12(15)7-10(16)8-13(14)17/h7-9,11,18H,2-6H2,1H3. The van der Waals surface area contributed by atoms with Gasteiger partial charge in [-0.3, -0.25) is 0 Å². The van der Waals surface area contributed by atoms with Crippen molar-refractivity contribution in [3.05, 3.63) is 28.2 Å². The maximum Gasteiger partial charge on any atom is 0.244 e. The van der Waals surface area contributed by atoms with Crippen LogP contribution in [0.25, 0.3) is 0 Å². The Morgan fingerprint density at radius 1 is 1.24 bits per heavy atom. The van der Waals surface area contributed by atoms with E-state index in [9.17, 15) is 17.2 Å². The lowest BCUT2D eigenvalue weighted by molar-refractivity contribution is 0.306. The quantitative estimate of drug-likeness (QED) is 0.857. The molecule has 1 aliphatic rings. The van der Waals surface area contributed by atoms with Crippen LogP contribution >= 0.6 is 15.9 Å². The van der Waals surface area contributed by atoms with Gasteiger partial charge in [0.05, 0.1) is 0 Å². The lowest BCUT2D eigenvalue weighted by atomic mass is 9.85. The van der Waals surface area contributed by atoms with Crippen molar-refractivity contribution >= 4 is 26.0 Å². The van der Waals surface area contributed by atoms with Crippen molar-refractivity contribution < 1.29 is 17.2 Å². The third-order valence-corrected chi connectivity index (χ3v) is 6.46. The molecule has 0 unspecified atom stereocenters. The van der Waals surface area contributed by atoms with Gasteiger partial charge in [-0.25, -0.2) is 21.9 Å². The lowest BCUT2D eigenvalue weighted by Crippen LogP contribution is -2.38. The van der Waals surface area contributed by atoms with Crippen LogP contribution < -0.4 is 4.72 Å². The molecule has 1 saturated carbocycles. The van der Waals surface area contributed by atoms with Gasteiger partial charge in [-0.1, -0.05) is 13.3 Å². The second-order valence-corrected chi connectivity index (χ2v) is 7.95. The Morgan fingerprint density at radius 2 is 1.86 bits per heavy atom. The summed E-state index contributed by atoms with van der Waals surface area (Å²) < 4.78 is 53.9. The van der Waals surface area contributed by atoms with E-state index < -0.39 is 26.6 Å². The van der Waals surface area contributed by atoms with Gasteiger partial charge in [0.15, 0.2) is 0 Å². The number of sulfonamides is 1. The van der Waals surface area contributed by atoms with Gasteiger partial charge in [0.25, 0.3) is 0 Å². The number of halogens is 3. The molecule has 1 aromatic carbocycles. The Morgan fingerprint density at radius 3 is 2.38 bits per heavy atom. The summed E-state index contributed by atoms with van der Waals surface area (Å²) in [5.41, 5.74) is 0. The molecular formula is C14H18BrF2NO2S. The van der Waals surface area contributed by atoms with Crippen LogP contribution in [-0.4, -0.2) is 14.5 Å². The van der Waals surface area contributed by atoms with Crippen LogP contribution in [0.5, 0.6) is 0 Å². The SMILES string of the molecule is CCC1CCC(NS(=O)(=O)c2c(F)cc(F)cc2Br)CC1. The van der Waals surface area contributed by atoms with E-state index in [0.717, 1.165) is 38.2 Å². The van der Waals surface area contributed by atoms with Crippen molar-refractivity contribution in [1.82, 2.24) is 4.72 Å². The molecule has 0 aromatic heterocycles. The molecule has 1 fully saturated rings. The minimum atomic E-state index is -4.00. The molecule has 0 saturated heterocycles. The minimum Gasteiger partial charge on any atom is -0.208 e. The first-order chi connectivity index (χ1) is 9.83. The number of benzene rings is 1. The number of rotatable bonds is 4. The summed E-state index contributed by atoms with van der Waals surface area (Å²) in [6, 6.07) is 1.34. The molecule has 0 bridgehead atoms. The van der Waals surface area contributed by atoms with Crippen molar-refractivity contribution in [2.75, 3.05) is 0 Å². The summed E-state index contributed by atoms with van der Waals surface area (Å²) in [4.78, 5) is -0.526. The third-order valence-electron chi connectivity index (χ3n) is 3.98. The molecule has 118 valence electrons. The Bertz CT molecular complexity index is 590. The van der Waals surface area contributed by atoms with Gasteiger partial charge in [-0.2, -0.15) is 0 Å². The molecule has 1 N–H and O–H groups in total. The molecule has 0 radical (unpaired) electrons. The summed E-state index contributed by atoms with van der Waals surface area (Å²) in [6.45, 7) is 2.13. The van der Waals surface area contributed by atoms with Crippen LogP contribution in [0.3, 0.4) is 0 Å².